The second-order valence-corrected chi connectivity index (χ2v) is 2.05. The third-order valence-corrected chi connectivity index (χ3v) is 1.12. The molecule has 0 aliphatic rings. The summed E-state index contributed by atoms with van der Waals surface area (Å²) in [7, 11) is 0.875. The minimum Gasteiger partial charge on any atom is -0.374 e. The van der Waals surface area contributed by atoms with E-state index in [-0.39, 0.29) is 4.90 Å². The van der Waals surface area contributed by atoms with Crippen LogP contribution in [0.25, 0.3) is 0 Å². The van der Waals surface area contributed by atoms with Crippen molar-refractivity contribution in [2.75, 3.05) is 7.05 Å². The first-order valence-corrected chi connectivity index (χ1v) is 2.79. The van der Waals surface area contributed by atoms with Gasteiger partial charge in [0.1, 0.15) is 6.23 Å². The standard InChI is InChI=1S/C5H8F3NO2/c1-3(10)9(2)4(11)5(6,7)8/h3,10H,1-2H3. The van der Waals surface area contributed by atoms with Gasteiger partial charge in [0.25, 0.3) is 0 Å². The maximum Gasteiger partial charge on any atom is 0.471 e. The van der Waals surface area contributed by atoms with Gasteiger partial charge in [-0.1, -0.05) is 0 Å². The van der Waals surface area contributed by atoms with E-state index < -0.39 is 18.3 Å². The molecule has 0 fully saturated rings. The number of carbonyl (C=O) groups is 1. The van der Waals surface area contributed by atoms with Crippen molar-refractivity contribution in [1.82, 2.24) is 4.90 Å². The summed E-state index contributed by atoms with van der Waals surface area (Å²) in [6.45, 7) is 1.07. The zero-order valence-electron chi connectivity index (χ0n) is 6.01. The summed E-state index contributed by atoms with van der Waals surface area (Å²) < 4.78 is 34.7. The molecule has 0 aromatic carbocycles. The Balaban J connectivity index is 4.26. The molecule has 1 atom stereocenters. The lowest BCUT2D eigenvalue weighted by Gasteiger charge is -2.20. The van der Waals surface area contributed by atoms with Gasteiger partial charge in [0.2, 0.25) is 0 Å². The van der Waals surface area contributed by atoms with Crippen LogP contribution in [0.4, 0.5) is 13.2 Å². The number of rotatable bonds is 1. The smallest absolute Gasteiger partial charge is 0.374 e. The van der Waals surface area contributed by atoms with Crippen molar-refractivity contribution in [3.05, 3.63) is 0 Å². The number of aliphatic hydroxyl groups excluding tert-OH is 1. The zero-order chi connectivity index (χ0) is 9.23. The molecule has 66 valence electrons. The first-order chi connectivity index (χ1) is 4.76. The number of amides is 1. The van der Waals surface area contributed by atoms with E-state index in [0.717, 1.165) is 14.0 Å². The number of hydrogen-bond acceptors (Lipinski definition) is 2. The molecule has 1 amide bonds. The van der Waals surface area contributed by atoms with Crippen molar-refractivity contribution in [2.45, 2.75) is 19.3 Å². The van der Waals surface area contributed by atoms with Gasteiger partial charge >= 0.3 is 12.1 Å². The average molecular weight is 171 g/mol. The maximum absolute atomic E-state index is 11.6. The predicted octanol–water partition coefficient (Wildman–Crippen LogP) is 0.345. The lowest BCUT2D eigenvalue weighted by molar-refractivity contribution is -0.191. The molecule has 0 aliphatic heterocycles. The van der Waals surface area contributed by atoms with Gasteiger partial charge in [-0.25, -0.2) is 0 Å². The largest absolute Gasteiger partial charge is 0.471 e. The van der Waals surface area contributed by atoms with E-state index in [2.05, 4.69) is 0 Å². The van der Waals surface area contributed by atoms with Crippen LogP contribution in [0.15, 0.2) is 0 Å². The number of hydrogen-bond donors (Lipinski definition) is 1. The van der Waals surface area contributed by atoms with Crippen molar-refractivity contribution >= 4 is 5.91 Å². The monoisotopic (exact) mass is 171 g/mol. The zero-order valence-corrected chi connectivity index (χ0v) is 6.01. The Morgan fingerprint density at radius 1 is 1.55 bits per heavy atom. The van der Waals surface area contributed by atoms with Crippen LogP contribution in [0, 0.1) is 0 Å². The SMILES string of the molecule is CC(O)N(C)C(=O)C(F)(F)F. The fraction of sp³-hybridized carbons (Fsp3) is 0.800. The van der Waals surface area contributed by atoms with Crippen LogP contribution in [0.2, 0.25) is 0 Å². The molecule has 0 aliphatic carbocycles. The van der Waals surface area contributed by atoms with Crippen LogP contribution < -0.4 is 0 Å². The van der Waals surface area contributed by atoms with E-state index in [1.807, 2.05) is 0 Å². The van der Waals surface area contributed by atoms with Crippen molar-refractivity contribution in [3.8, 4) is 0 Å². The van der Waals surface area contributed by atoms with Gasteiger partial charge < -0.3 is 10.0 Å². The second kappa shape index (κ2) is 3.08. The molecule has 0 bridgehead atoms. The van der Waals surface area contributed by atoms with Gasteiger partial charge in [-0.3, -0.25) is 4.79 Å². The fourth-order valence-electron chi connectivity index (χ4n) is 0.370. The molecule has 0 heterocycles. The van der Waals surface area contributed by atoms with E-state index in [9.17, 15) is 18.0 Å². The van der Waals surface area contributed by atoms with E-state index in [1.54, 1.807) is 0 Å². The second-order valence-electron chi connectivity index (χ2n) is 2.05. The summed E-state index contributed by atoms with van der Waals surface area (Å²) >= 11 is 0. The van der Waals surface area contributed by atoms with Gasteiger partial charge in [0, 0.05) is 7.05 Å². The first kappa shape index (κ1) is 10.2. The molecule has 1 N–H and O–H groups in total. The minimum atomic E-state index is -4.91. The molecule has 0 spiro atoms. The molecule has 0 aromatic rings. The Morgan fingerprint density at radius 2 is 1.91 bits per heavy atom. The lowest BCUT2D eigenvalue weighted by Crippen LogP contribution is -2.43. The van der Waals surface area contributed by atoms with Crippen LogP contribution >= 0.6 is 0 Å². The van der Waals surface area contributed by atoms with Crippen LogP contribution in [-0.2, 0) is 4.79 Å². The van der Waals surface area contributed by atoms with Gasteiger partial charge in [-0.2, -0.15) is 13.2 Å². The first-order valence-electron chi connectivity index (χ1n) is 2.79. The van der Waals surface area contributed by atoms with Crippen LogP contribution in [0.1, 0.15) is 6.92 Å². The van der Waals surface area contributed by atoms with Crippen LogP contribution in [0.3, 0.4) is 0 Å². The summed E-state index contributed by atoms with van der Waals surface area (Å²) in [6, 6.07) is 0. The highest BCUT2D eigenvalue weighted by Crippen LogP contribution is 2.18. The molecule has 0 saturated carbocycles. The Kier molecular flexibility index (Phi) is 2.86. The summed E-state index contributed by atoms with van der Waals surface area (Å²) in [5, 5.41) is 8.56. The van der Waals surface area contributed by atoms with Crippen molar-refractivity contribution in [2.24, 2.45) is 0 Å². The molecule has 1 unspecified atom stereocenters. The highest BCUT2D eigenvalue weighted by molar-refractivity contribution is 5.81. The highest BCUT2D eigenvalue weighted by Gasteiger charge is 2.42. The summed E-state index contributed by atoms with van der Waals surface area (Å²) in [5.74, 6) is -2.05. The molecule has 0 aromatic heterocycles. The van der Waals surface area contributed by atoms with Gasteiger partial charge in [0.15, 0.2) is 0 Å². The lowest BCUT2D eigenvalue weighted by atomic mass is 10.5. The van der Waals surface area contributed by atoms with Crippen LogP contribution in [-0.4, -0.2) is 35.4 Å². The average Bonchev–Trinajstić information content (AvgIpc) is 1.82. The molecule has 11 heavy (non-hydrogen) atoms. The van der Waals surface area contributed by atoms with Crippen molar-refractivity contribution < 1.29 is 23.1 Å². The number of aliphatic hydroxyl groups is 1. The summed E-state index contributed by atoms with van der Waals surface area (Å²) in [5.41, 5.74) is 0. The third-order valence-electron chi connectivity index (χ3n) is 1.12. The molecule has 6 heteroatoms. The molecular formula is C5H8F3NO2. The van der Waals surface area contributed by atoms with Gasteiger partial charge in [-0.15, -0.1) is 0 Å². The number of alkyl halides is 3. The topological polar surface area (TPSA) is 40.5 Å². The van der Waals surface area contributed by atoms with E-state index in [1.165, 1.54) is 0 Å². The van der Waals surface area contributed by atoms with Gasteiger partial charge in [-0.05, 0) is 6.92 Å². The summed E-state index contributed by atoms with van der Waals surface area (Å²) in [6.07, 6.45) is -6.34. The molecule has 0 rings (SSSR count). The van der Waals surface area contributed by atoms with E-state index in [4.69, 9.17) is 5.11 Å². The number of carbonyl (C=O) groups excluding carboxylic acids is 1. The summed E-state index contributed by atoms with van der Waals surface area (Å²) in [4.78, 5) is 10.5. The molecule has 0 radical (unpaired) electrons. The minimum absolute atomic E-state index is 0.208. The quantitative estimate of drug-likeness (QED) is 0.578. The molecule has 0 saturated heterocycles. The number of halogens is 3. The molecular weight excluding hydrogens is 163 g/mol. The fourth-order valence-corrected chi connectivity index (χ4v) is 0.370. The van der Waals surface area contributed by atoms with E-state index in [0.29, 0.717) is 0 Å². The van der Waals surface area contributed by atoms with Crippen LogP contribution in [0.5, 0.6) is 0 Å². The van der Waals surface area contributed by atoms with Crippen molar-refractivity contribution in [3.63, 3.8) is 0 Å². The highest BCUT2D eigenvalue weighted by atomic mass is 19.4. The Bertz CT molecular complexity index is 154. The predicted molar refractivity (Wildman–Crippen MR) is 30.5 cm³/mol. The Morgan fingerprint density at radius 3 is 2.00 bits per heavy atom. The van der Waals surface area contributed by atoms with Crippen molar-refractivity contribution in [1.29, 1.82) is 0 Å². The Labute approximate surface area is 61.4 Å². The molecule has 3 nitrogen and oxygen atoms in total. The van der Waals surface area contributed by atoms with E-state index >= 15 is 0 Å². The maximum atomic E-state index is 11.6. The normalized spacial score (nSPS) is 14.4. The third kappa shape index (κ3) is 2.75. The Hall–Kier alpha value is -0.780. The van der Waals surface area contributed by atoms with Gasteiger partial charge in [0.05, 0.1) is 0 Å². The number of nitrogens with zero attached hydrogens (tertiary/aromatic N) is 1.